The first-order chi connectivity index (χ1) is 8.77. The number of aliphatic carboxylic acids is 1. The van der Waals surface area contributed by atoms with E-state index >= 15 is 0 Å². The molecule has 0 saturated carbocycles. The zero-order valence-corrected chi connectivity index (χ0v) is 12.4. The van der Waals surface area contributed by atoms with Gasteiger partial charge in [-0.05, 0) is 6.42 Å². The quantitative estimate of drug-likeness (QED) is 0.321. The molecule has 0 bridgehead atoms. The average molecular weight is 339 g/mol. The Morgan fingerprint density at radius 3 is 1.45 bits per heavy atom. The summed E-state index contributed by atoms with van der Waals surface area (Å²) in [5, 5.41) is 8.41. The molecule has 0 aromatic carbocycles. The Labute approximate surface area is 164 Å². The Bertz CT molecular complexity index is 297. The Balaban J connectivity index is -0.000000414. The molecule has 3 N–H and O–H groups in total. The van der Waals surface area contributed by atoms with Crippen molar-refractivity contribution >= 4 is 67.8 Å². The molecule has 20 heavy (non-hydrogen) atoms. The van der Waals surface area contributed by atoms with Gasteiger partial charge in [0.05, 0.1) is 0 Å². The molecule has 0 saturated heterocycles. The maximum absolute atomic E-state index is 10.2. The van der Waals surface area contributed by atoms with Crippen LogP contribution in [0.25, 0.3) is 0 Å². The minimum atomic E-state index is -4.67. The first-order valence-electron chi connectivity index (χ1n) is 6.69. The van der Waals surface area contributed by atoms with E-state index in [2.05, 4.69) is 6.92 Å². The zero-order chi connectivity index (χ0) is 15.1. The topological polar surface area (TPSA) is 112 Å². The van der Waals surface area contributed by atoms with E-state index in [4.69, 9.17) is 22.6 Å². The fraction of sp³-hybridized carbons (Fsp3) is 0.917. The third-order valence-corrected chi connectivity index (χ3v) is 2.49. The van der Waals surface area contributed by atoms with Gasteiger partial charge in [0.15, 0.2) is 0 Å². The third-order valence-electron chi connectivity index (χ3n) is 2.49. The number of hydrogen-bond acceptors (Lipinski definition) is 3. The number of unbranched alkanes of at least 4 members (excludes halogenated alkanes) is 8. The van der Waals surface area contributed by atoms with Crippen LogP contribution in [0, 0.1) is 0 Å². The number of hydrogen-bond donors (Lipinski definition) is 3. The van der Waals surface area contributed by atoms with Crippen molar-refractivity contribution in [3.63, 3.8) is 0 Å². The van der Waals surface area contributed by atoms with Crippen molar-refractivity contribution in [2.75, 3.05) is 0 Å². The summed E-state index contributed by atoms with van der Waals surface area (Å²) in [6, 6.07) is 0. The van der Waals surface area contributed by atoms with Crippen LogP contribution < -0.4 is 0 Å². The van der Waals surface area contributed by atoms with Crippen molar-refractivity contribution in [1.82, 2.24) is 0 Å². The SMILES string of the molecule is CCCCCCCCCCCC(=O)O.O=S(=O)(O)O.[KH]. The van der Waals surface area contributed by atoms with Crippen LogP contribution in [0.2, 0.25) is 0 Å². The minimum absolute atomic E-state index is 0. The van der Waals surface area contributed by atoms with E-state index in [0.717, 1.165) is 12.8 Å². The average Bonchev–Trinajstić information content (AvgIpc) is 2.24. The molecule has 0 rings (SSSR count). The number of carbonyl (C=O) groups is 1. The van der Waals surface area contributed by atoms with Gasteiger partial charge in [0.2, 0.25) is 0 Å². The van der Waals surface area contributed by atoms with E-state index in [1.54, 1.807) is 0 Å². The van der Waals surface area contributed by atoms with E-state index in [-0.39, 0.29) is 51.4 Å². The maximum atomic E-state index is 10.2. The first kappa shape index (κ1) is 25.9. The van der Waals surface area contributed by atoms with Crippen LogP contribution in [0.1, 0.15) is 71.1 Å². The Morgan fingerprint density at radius 2 is 1.15 bits per heavy atom. The van der Waals surface area contributed by atoms with Crippen LogP contribution in [-0.2, 0) is 15.2 Å². The molecule has 0 aliphatic rings. The molecule has 0 aliphatic carbocycles. The summed E-state index contributed by atoms with van der Waals surface area (Å²) >= 11 is 0. The molecule has 0 amide bonds. The number of rotatable bonds is 10. The van der Waals surface area contributed by atoms with E-state index < -0.39 is 16.4 Å². The van der Waals surface area contributed by atoms with Crippen molar-refractivity contribution in [2.24, 2.45) is 0 Å². The predicted molar refractivity (Wildman–Crippen MR) is 80.8 cm³/mol. The fourth-order valence-corrected chi connectivity index (χ4v) is 1.59. The molecule has 118 valence electrons. The molecule has 0 aromatic rings. The van der Waals surface area contributed by atoms with E-state index in [9.17, 15) is 4.79 Å². The van der Waals surface area contributed by atoms with Crippen LogP contribution in [-0.4, -0.2) is 80.0 Å². The van der Waals surface area contributed by atoms with E-state index in [1.165, 1.54) is 44.9 Å². The second-order valence-corrected chi connectivity index (χ2v) is 5.32. The second-order valence-electron chi connectivity index (χ2n) is 4.42. The summed E-state index contributed by atoms with van der Waals surface area (Å²) in [5.41, 5.74) is 0. The van der Waals surface area contributed by atoms with Gasteiger partial charge in [0.25, 0.3) is 0 Å². The van der Waals surface area contributed by atoms with Gasteiger partial charge >= 0.3 is 67.8 Å². The van der Waals surface area contributed by atoms with E-state index in [0.29, 0.717) is 6.42 Å². The summed E-state index contributed by atoms with van der Waals surface area (Å²) in [6.07, 6.45) is 11.5. The van der Waals surface area contributed by atoms with Gasteiger partial charge < -0.3 is 5.11 Å². The van der Waals surface area contributed by atoms with Gasteiger partial charge in [0, 0.05) is 6.42 Å². The predicted octanol–water partition coefficient (Wildman–Crippen LogP) is 2.69. The monoisotopic (exact) mass is 338 g/mol. The summed E-state index contributed by atoms with van der Waals surface area (Å²) in [7, 11) is -4.67. The van der Waals surface area contributed by atoms with Crippen LogP contribution in [0.15, 0.2) is 0 Å². The van der Waals surface area contributed by atoms with Gasteiger partial charge in [-0.2, -0.15) is 8.42 Å². The number of carboxylic acids is 1. The normalized spacial score (nSPS) is 10.2. The van der Waals surface area contributed by atoms with Crippen LogP contribution >= 0.6 is 0 Å². The van der Waals surface area contributed by atoms with Crippen molar-refractivity contribution in [2.45, 2.75) is 71.1 Å². The molecule has 8 heteroatoms. The summed E-state index contributed by atoms with van der Waals surface area (Å²) in [5.74, 6) is -0.659. The molecule has 0 radical (unpaired) electrons. The van der Waals surface area contributed by atoms with Crippen LogP contribution in [0.3, 0.4) is 0 Å². The van der Waals surface area contributed by atoms with Crippen LogP contribution in [0.4, 0.5) is 0 Å². The van der Waals surface area contributed by atoms with Crippen LogP contribution in [0.5, 0.6) is 0 Å². The molecule has 0 atom stereocenters. The standard InChI is InChI=1S/C12H24O2.K.H2O4S.H/c1-2-3-4-5-6-7-8-9-10-11-12(13)14;;1-5(2,3)4;/h2-11H2,1H3,(H,13,14);;(H2,1,2,3,4);. The molecular formula is C12H27KO6S. The van der Waals surface area contributed by atoms with Crippen molar-refractivity contribution in [3.05, 3.63) is 0 Å². The molecule has 0 unspecified atom stereocenters. The Morgan fingerprint density at radius 1 is 0.850 bits per heavy atom. The second kappa shape index (κ2) is 18.0. The van der Waals surface area contributed by atoms with Crippen molar-refractivity contribution in [3.8, 4) is 0 Å². The summed E-state index contributed by atoms with van der Waals surface area (Å²) in [6.45, 7) is 2.23. The zero-order valence-electron chi connectivity index (χ0n) is 11.5. The van der Waals surface area contributed by atoms with E-state index in [1.807, 2.05) is 0 Å². The van der Waals surface area contributed by atoms with Gasteiger partial charge in [-0.15, -0.1) is 0 Å². The Hall–Kier alpha value is 0.976. The molecule has 0 aromatic heterocycles. The molecule has 0 fully saturated rings. The van der Waals surface area contributed by atoms with Gasteiger partial charge in [-0.1, -0.05) is 58.3 Å². The summed E-state index contributed by atoms with van der Waals surface area (Å²) < 4.78 is 31.6. The number of carboxylic acid groups (broad SMARTS) is 1. The third kappa shape index (κ3) is 42.8. The molecule has 0 aliphatic heterocycles. The first-order valence-corrected chi connectivity index (χ1v) is 8.08. The molecule has 6 nitrogen and oxygen atoms in total. The van der Waals surface area contributed by atoms with Crippen molar-refractivity contribution in [1.29, 1.82) is 0 Å². The molecule has 0 spiro atoms. The van der Waals surface area contributed by atoms with Gasteiger partial charge in [0.1, 0.15) is 0 Å². The van der Waals surface area contributed by atoms with Crippen molar-refractivity contribution < 1.29 is 27.4 Å². The molecule has 0 heterocycles. The summed E-state index contributed by atoms with van der Waals surface area (Å²) in [4.78, 5) is 10.2. The van der Waals surface area contributed by atoms with Gasteiger partial charge in [-0.3, -0.25) is 13.9 Å². The fourth-order valence-electron chi connectivity index (χ4n) is 1.59. The molecular weight excluding hydrogens is 311 g/mol. The van der Waals surface area contributed by atoms with Gasteiger partial charge in [-0.25, -0.2) is 0 Å². The Kier molecular flexibility index (Phi) is 23.3.